The number of H-pyrrole nitrogens is 1. The summed E-state index contributed by atoms with van der Waals surface area (Å²) >= 11 is 0. The maximum absolute atomic E-state index is 11.1. The Morgan fingerprint density at radius 3 is 2.55 bits per heavy atom. The number of fused-ring (bicyclic) bond motifs is 1. The third kappa shape index (κ3) is 2.30. The number of nitro groups is 1. The van der Waals surface area contributed by atoms with Gasteiger partial charge in [0.2, 0.25) is 0 Å². The number of benzene rings is 2. The highest BCUT2D eigenvalue weighted by molar-refractivity contribution is 5.91. The lowest BCUT2D eigenvalue weighted by molar-refractivity contribution is -0.383. The van der Waals surface area contributed by atoms with E-state index in [1.165, 1.54) is 6.07 Å². The molecule has 1 aromatic heterocycles. The van der Waals surface area contributed by atoms with E-state index in [0.717, 1.165) is 22.3 Å². The Morgan fingerprint density at radius 1 is 1.18 bits per heavy atom. The van der Waals surface area contributed by atoms with Gasteiger partial charge in [-0.15, -0.1) is 0 Å². The van der Waals surface area contributed by atoms with Crippen molar-refractivity contribution in [2.24, 2.45) is 0 Å². The van der Waals surface area contributed by atoms with Crippen LogP contribution in [0.3, 0.4) is 0 Å². The van der Waals surface area contributed by atoms with E-state index in [1.807, 2.05) is 36.5 Å². The van der Waals surface area contributed by atoms with Crippen molar-refractivity contribution in [3.05, 3.63) is 69.9 Å². The van der Waals surface area contributed by atoms with Gasteiger partial charge in [0, 0.05) is 23.6 Å². The number of nitrogens with one attached hydrogen (secondary N) is 1. The highest BCUT2D eigenvalue weighted by Crippen LogP contribution is 2.34. The Kier molecular flexibility index (Phi) is 3.55. The number of ether oxygens (including phenoxy) is 1. The molecule has 0 fully saturated rings. The first-order chi connectivity index (χ1) is 10.6. The molecule has 0 aliphatic carbocycles. The van der Waals surface area contributed by atoms with Crippen LogP contribution in [0.25, 0.3) is 10.9 Å². The highest BCUT2D eigenvalue weighted by atomic mass is 16.6. The van der Waals surface area contributed by atoms with E-state index in [9.17, 15) is 10.1 Å². The molecule has 0 bridgehead atoms. The van der Waals surface area contributed by atoms with Crippen LogP contribution in [0.15, 0.2) is 48.7 Å². The van der Waals surface area contributed by atoms with Gasteiger partial charge >= 0.3 is 0 Å². The molecular formula is C17H16N2O3. The number of hydrogen-bond acceptors (Lipinski definition) is 3. The zero-order valence-corrected chi connectivity index (χ0v) is 12.4. The summed E-state index contributed by atoms with van der Waals surface area (Å²) < 4.78 is 5.17. The lowest BCUT2D eigenvalue weighted by atomic mass is 9.93. The standard InChI is InChI=1S/C17H16N2O3/c1-11(12-6-8-13(22-2)9-7-12)15-10-18-17-14(15)4-3-5-16(17)19(20)21/h3-11,18H,1-2H3. The predicted molar refractivity (Wildman–Crippen MR) is 85.5 cm³/mol. The predicted octanol–water partition coefficient (Wildman–Crippen LogP) is 4.24. The van der Waals surface area contributed by atoms with Crippen LogP contribution in [0.4, 0.5) is 5.69 Å². The van der Waals surface area contributed by atoms with Gasteiger partial charge in [-0.05, 0) is 23.3 Å². The normalized spacial score (nSPS) is 12.3. The van der Waals surface area contributed by atoms with E-state index < -0.39 is 0 Å². The van der Waals surface area contributed by atoms with Crippen LogP contribution in [0.2, 0.25) is 0 Å². The second-order valence-electron chi connectivity index (χ2n) is 5.20. The van der Waals surface area contributed by atoms with Gasteiger partial charge in [0.15, 0.2) is 0 Å². The zero-order valence-electron chi connectivity index (χ0n) is 12.4. The molecule has 3 rings (SSSR count). The Labute approximate surface area is 127 Å². The Balaban J connectivity index is 2.05. The topological polar surface area (TPSA) is 68.2 Å². The molecule has 1 heterocycles. The fourth-order valence-electron chi connectivity index (χ4n) is 2.74. The number of rotatable bonds is 4. The SMILES string of the molecule is COc1ccc(C(C)c2c[nH]c3c([N+](=O)[O-])cccc23)cc1. The molecule has 5 heteroatoms. The third-order valence-corrected chi connectivity index (χ3v) is 4.00. The van der Waals surface area contributed by atoms with Gasteiger partial charge in [-0.1, -0.05) is 31.2 Å². The van der Waals surface area contributed by atoms with Crippen molar-refractivity contribution in [3.8, 4) is 5.75 Å². The molecule has 0 aliphatic heterocycles. The number of nitrogens with zero attached hydrogens (tertiary/aromatic N) is 1. The molecule has 3 aromatic rings. The van der Waals surface area contributed by atoms with E-state index in [4.69, 9.17) is 4.74 Å². The quantitative estimate of drug-likeness (QED) is 0.578. The van der Waals surface area contributed by atoms with Crippen molar-refractivity contribution in [3.63, 3.8) is 0 Å². The van der Waals surface area contributed by atoms with Crippen LogP contribution >= 0.6 is 0 Å². The van der Waals surface area contributed by atoms with Crippen molar-refractivity contribution in [1.82, 2.24) is 4.98 Å². The van der Waals surface area contributed by atoms with E-state index in [1.54, 1.807) is 13.2 Å². The first-order valence-electron chi connectivity index (χ1n) is 7.00. The van der Waals surface area contributed by atoms with Crippen LogP contribution in [0.5, 0.6) is 5.75 Å². The summed E-state index contributed by atoms with van der Waals surface area (Å²) in [6, 6.07) is 13.0. The van der Waals surface area contributed by atoms with Crippen molar-refractivity contribution in [2.45, 2.75) is 12.8 Å². The Morgan fingerprint density at radius 2 is 1.91 bits per heavy atom. The molecule has 22 heavy (non-hydrogen) atoms. The van der Waals surface area contributed by atoms with Crippen LogP contribution in [0, 0.1) is 10.1 Å². The molecular weight excluding hydrogens is 280 g/mol. The van der Waals surface area contributed by atoms with Gasteiger partial charge < -0.3 is 9.72 Å². The van der Waals surface area contributed by atoms with E-state index in [2.05, 4.69) is 11.9 Å². The summed E-state index contributed by atoms with van der Waals surface area (Å²) in [7, 11) is 1.64. The van der Waals surface area contributed by atoms with Crippen molar-refractivity contribution in [1.29, 1.82) is 0 Å². The third-order valence-electron chi connectivity index (χ3n) is 4.00. The molecule has 0 saturated carbocycles. The number of non-ortho nitro benzene ring substituents is 1. The van der Waals surface area contributed by atoms with Gasteiger partial charge in [-0.3, -0.25) is 10.1 Å². The lowest BCUT2D eigenvalue weighted by Gasteiger charge is -2.12. The minimum absolute atomic E-state index is 0.102. The summed E-state index contributed by atoms with van der Waals surface area (Å²) in [6.07, 6.45) is 1.85. The number of aromatic nitrogens is 1. The monoisotopic (exact) mass is 296 g/mol. The van der Waals surface area contributed by atoms with Gasteiger partial charge in [0.25, 0.3) is 5.69 Å². The number of nitro benzene ring substituents is 1. The second kappa shape index (κ2) is 5.52. The fourth-order valence-corrected chi connectivity index (χ4v) is 2.74. The van der Waals surface area contributed by atoms with E-state index in [0.29, 0.717) is 5.52 Å². The molecule has 2 aromatic carbocycles. The van der Waals surface area contributed by atoms with Gasteiger partial charge in [-0.2, -0.15) is 0 Å². The largest absolute Gasteiger partial charge is 0.497 e. The second-order valence-corrected chi connectivity index (χ2v) is 5.20. The minimum atomic E-state index is -0.360. The number of aromatic amines is 1. The van der Waals surface area contributed by atoms with Gasteiger partial charge in [-0.25, -0.2) is 0 Å². The summed E-state index contributed by atoms with van der Waals surface area (Å²) in [5, 5.41) is 12.0. The van der Waals surface area contributed by atoms with Crippen LogP contribution in [0.1, 0.15) is 24.0 Å². The first-order valence-corrected chi connectivity index (χ1v) is 7.00. The molecule has 1 unspecified atom stereocenters. The van der Waals surface area contributed by atoms with Crippen molar-refractivity contribution >= 4 is 16.6 Å². The summed E-state index contributed by atoms with van der Waals surface area (Å²) in [5.41, 5.74) is 2.85. The highest BCUT2D eigenvalue weighted by Gasteiger charge is 2.18. The van der Waals surface area contributed by atoms with Gasteiger partial charge in [0.1, 0.15) is 11.3 Å². The summed E-state index contributed by atoms with van der Waals surface area (Å²) in [4.78, 5) is 13.8. The van der Waals surface area contributed by atoms with Crippen LogP contribution in [-0.2, 0) is 0 Å². The molecule has 0 saturated heterocycles. The smallest absolute Gasteiger partial charge is 0.293 e. The molecule has 0 radical (unpaired) electrons. The lowest BCUT2D eigenvalue weighted by Crippen LogP contribution is -1.95. The van der Waals surface area contributed by atoms with E-state index >= 15 is 0 Å². The molecule has 112 valence electrons. The number of methoxy groups -OCH3 is 1. The van der Waals surface area contributed by atoms with Crippen molar-refractivity contribution < 1.29 is 9.66 Å². The average Bonchev–Trinajstić information content (AvgIpc) is 2.98. The average molecular weight is 296 g/mol. The molecule has 5 nitrogen and oxygen atoms in total. The van der Waals surface area contributed by atoms with Gasteiger partial charge in [0.05, 0.1) is 12.0 Å². The minimum Gasteiger partial charge on any atom is -0.497 e. The fraction of sp³-hybridized carbons (Fsp3) is 0.176. The molecule has 1 atom stereocenters. The molecule has 0 aliphatic rings. The van der Waals surface area contributed by atoms with Crippen LogP contribution < -0.4 is 4.74 Å². The molecule has 0 spiro atoms. The molecule has 0 amide bonds. The molecule has 1 N–H and O–H groups in total. The summed E-state index contributed by atoms with van der Waals surface area (Å²) in [5.74, 6) is 0.937. The van der Waals surface area contributed by atoms with Crippen molar-refractivity contribution in [2.75, 3.05) is 7.11 Å². The maximum Gasteiger partial charge on any atom is 0.293 e. The first kappa shape index (κ1) is 14.1. The zero-order chi connectivity index (χ0) is 15.7. The Bertz CT molecular complexity index is 822. The Hall–Kier alpha value is -2.82. The van der Waals surface area contributed by atoms with E-state index in [-0.39, 0.29) is 16.5 Å². The number of para-hydroxylation sites is 1. The summed E-state index contributed by atoms with van der Waals surface area (Å²) in [6.45, 7) is 2.09. The van der Waals surface area contributed by atoms with Crippen LogP contribution in [-0.4, -0.2) is 17.0 Å². The number of hydrogen-bond donors (Lipinski definition) is 1. The maximum atomic E-state index is 11.1.